The summed E-state index contributed by atoms with van der Waals surface area (Å²) in [6.45, 7) is 3.38. The van der Waals surface area contributed by atoms with E-state index in [0.717, 1.165) is 16.8 Å². The standard InChI is InChI=1S/C17H21N5O3S/c1-12-14(13-10-18-19-11-13)2-3-16(20-12)22-5-4-15(17(22)23)21-6-8-26(24,25)9-7-21/h2-3,10-11,15H,4-9H2,1H3,(H,18,19). The highest BCUT2D eigenvalue weighted by molar-refractivity contribution is 7.91. The Morgan fingerprint density at radius 2 is 1.96 bits per heavy atom. The lowest BCUT2D eigenvalue weighted by Gasteiger charge is -2.30. The highest BCUT2D eigenvalue weighted by Crippen LogP contribution is 2.28. The van der Waals surface area contributed by atoms with Gasteiger partial charge in [-0.1, -0.05) is 0 Å². The van der Waals surface area contributed by atoms with E-state index >= 15 is 0 Å². The SMILES string of the molecule is Cc1nc(N2CCC(N3CCS(=O)(=O)CC3)C2=O)ccc1-c1cn[nH]c1. The Labute approximate surface area is 152 Å². The summed E-state index contributed by atoms with van der Waals surface area (Å²) in [4.78, 5) is 21.2. The Kier molecular flexibility index (Phi) is 4.28. The summed E-state index contributed by atoms with van der Waals surface area (Å²) >= 11 is 0. The molecule has 0 aliphatic carbocycles. The molecule has 0 aromatic carbocycles. The molecule has 0 bridgehead atoms. The first-order valence-electron chi connectivity index (χ1n) is 8.67. The number of carbonyl (C=O) groups is 1. The van der Waals surface area contributed by atoms with E-state index in [2.05, 4.69) is 15.2 Å². The van der Waals surface area contributed by atoms with Crippen LogP contribution in [-0.4, -0.2) is 71.6 Å². The summed E-state index contributed by atoms with van der Waals surface area (Å²) in [7, 11) is -2.95. The van der Waals surface area contributed by atoms with Crippen molar-refractivity contribution in [2.45, 2.75) is 19.4 Å². The summed E-state index contributed by atoms with van der Waals surface area (Å²) in [5, 5.41) is 6.75. The molecule has 2 aromatic heterocycles. The predicted octanol–water partition coefficient (Wildman–Crippen LogP) is 0.616. The van der Waals surface area contributed by atoms with E-state index in [4.69, 9.17) is 0 Å². The fourth-order valence-corrected chi connectivity index (χ4v) is 4.90. The van der Waals surface area contributed by atoms with Gasteiger partial charge >= 0.3 is 0 Å². The molecule has 138 valence electrons. The van der Waals surface area contributed by atoms with Gasteiger partial charge in [0.05, 0.1) is 23.7 Å². The summed E-state index contributed by atoms with van der Waals surface area (Å²) in [6.07, 6.45) is 4.25. The molecular formula is C17H21N5O3S. The molecule has 2 fully saturated rings. The van der Waals surface area contributed by atoms with Gasteiger partial charge in [-0.15, -0.1) is 0 Å². The van der Waals surface area contributed by atoms with Crippen molar-refractivity contribution in [1.82, 2.24) is 20.1 Å². The number of hydrogen-bond acceptors (Lipinski definition) is 6. The first-order chi connectivity index (χ1) is 12.4. The van der Waals surface area contributed by atoms with Gasteiger partial charge in [-0.2, -0.15) is 5.10 Å². The van der Waals surface area contributed by atoms with Gasteiger partial charge in [0.25, 0.3) is 0 Å². The summed E-state index contributed by atoms with van der Waals surface area (Å²) in [6, 6.07) is 3.56. The van der Waals surface area contributed by atoms with Crippen LogP contribution in [-0.2, 0) is 14.6 Å². The van der Waals surface area contributed by atoms with Crippen molar-refractivity contribution < 1.29 is 13.2 Å². The van der Waals surface area contributed by atoms with Crippen LogP contribution in [0.15, 0.2) is 24.5 Å². The molecule has 1 N–H and O–H groups in total. The topological polar surface area (TPSA) is 99.3 Å². The Bertz CT molecular complexity index is 912. The van der Waals surface area contributed by atoms with Crippen LogP contribution in [0.1, 0.15) is 12.1 Å². The molecule has 4 rings (SSSR count). The summed E-state index contributed by atoms with van der Waals surface area (Å²) in [5.41, 5.74) is 2.78. The highest BCUT2D eigenvalue weighted by Gasteiger charge is 2.39. The van der Waals surface area contributed by atoms with Gasteiger partial charge in [-0.05, 0) is 25.5 Å². The maximum Gasteiger partial charge on any atom is 0.245 e. The first kappa shape index (κ1) is 17.2. The molecule has 26 heavy (non-hydrogen) atoms. The number of sulfone groups is 1. The van der Waals surface area contributed by atoms with Gasteiger partial charge in [-0.3, -0.25) is 19.7 Å². The molecule has 2 saturated heterocycles. The molecule has 9 heteroatoms. The minimum Gasteiger partial charge on any atom is -0.295 e. The summed E-state index contributed by atoms with van der Waals surface area (Å²) in [5.74, 6) is 0.917. The van der Waals surface area contributed by atoms with E-state index in [9.17, 15) is 13.2 Å². The maximum atomic E-state index is 12.9. The van der Waals surface area contributed by atoms with Crippen LogP contribution in [0.5, 0.6) is 0 Å². The van der Waals surface area contributed by atoms with Crippen molar-refractivity contribution in [3.05, 3.63) is 30.2 Å². The van der Waals surface area contributed by atoms with E-state index in [0.29, 0.717) is 31.9 Å². The molecule has 0 spiro atoms. The van der Waals surface area contributed by atoms with Crippen LogP contribution in [0.3, 0.4) is 0 Å². The van der Waals surface area contributed by atoms with Crippen molar-refractivity contribution in [2.75, 3.05) is 36.0 Å². The zero-order valence-corrected chi connectivity index (χ0v) is 15.4. The van der Waals surface area contributed by atoms with E-state index in [-0.39, 0.29) is 23.5 Å². The second-order valence-corrected chi connectivity index (χ2v) is 9.08. The van der Waals surface area contributed by atoms with E-state index in [1.165, 1.54) is 0 Å². The molecule has 2 aliphatic rings. The van der Waals surface area contributed by atoms with E-state index in [1.807, 2.05) is 30.2 Å². The number of aromatic amines is 1. The number of carbonyl (C=O) groups excluding carboxylic acids is 1. The molecule has 1 unspecified atom stereocenters. The Morgan fingerprint density at radius 3 is 2.62 bits per heavy atom. The summed E-state index contributed by atoms with van der Waals surface area (Å²) < 4.78 is 23.2. The third-order valence-corrected chi connectivity index (χ3v) is 6.76. The third-order valence-electron chi connectivity index (χ3n) is 5.15. The van der Waals surface area contributed by atoms with Crippen molar-refractivity contribution in [1.29, 1.82) is 0 Å². The fourth-order valence-electron chi connectivity index (χ4n) is 3.67. The van der Waals surface area contributed by atoms with Crippen LogP contribution < -0.4 is 4.90 Å². The molecule has 0 radical (unpaired) electrons. The lowest BCUT2D eigenvalue weighted by Crippen LogP contribution is -2.49. The van der Waals surface area contributed by atoms with Crippen LogP contribution in [0.4, 0.5) is 5.82 Å². The molecule has 1 amide bonds. The zero-order valence-electron chi connectivity index (χ0n) is 14.6. The average molecular weight is 375 g/mol. The zero-order chi connectivity index (χ0) is 18.3. The normalized spacial score (nSPS) is 23.5. The number of pyridine rings is 1. The molecule has 2 aliphatic heterocycles. The van der Waals surface area contributed by atoms with Gasteiger partial charge < -0.3 is 0 Å². The number of anilines is 1. The maximum absolute atomic E-state index is 12.9. The van der Waals surface area contributed by atoms with Gasteiger partial charge in [0.15, 0.2) is 9.84 Å². The number of amides is 1. The smallest absolute Gasteiger partial charge is 0.245 e. The monoisotopic (exact) mass is 375 g/mol. The van der Waals surface area contributed by atoms with Crippen LogP contribution in [0, 0.1) is 6.92 Å². The third kappa shape index (κ3) is 3.12. The van der Waals surface area contributed by atoms with Gasteiger partial charge in [0.2, 0.25) is 5.91 Å². The van der Waals surface area contributed by atoms with Gasteiger partial charge in [0, 0.05) is 42.7 Å². The Hall–Kier alpha value is -2.26. The number of H-pyrrole nitrogens is 1. The van der Waals surface area contributed by atoms with Crippen LogP contribution in [0.2, 0.25) is 0 Å². The number of aromatic nitrogens is 3. The molecule has 1 atom stereocenters. The molecule has 2 aromatic rings. The van der Waals surface area contributed by atoms with Crippen molar-refractivity contribution in [3.8, 4) is 11.1 Å². The molecule has 8 nitrogen and oxygen atoms in total. The van der Waals surface area contributed by atoms with E-state index in [1.54, 1.807) is 11.1 Å². The first-order valence-corrected chi connectivity index (χ1v) is 10.5. The lowest BCUT2D eigenvalue weighted by molar-refractivity contribution is -0.121. The fraction of sp³-hybridized carbons (Fsp3) is 0.471. The highest BCUT2D eigenvalue weighted by atomic mass is 32.2. The number of rotatable bonds is 3. The lowest BCUT2D eigenvalue weighted by atomic mass is 10.1. The number of nitrogens with zero attached hydrogens (tertiary/aromatic N) is 4. The van der Waals surface area contributed by atoms with Crippen molar-refractivity contribution >= 4 is 21.6 Å². The quantitative estimate of drug-likeness (QED) is 0.844. The Balaban J connectivity index is 1.51. The number of aryl methyl sites for hydroxylation is 1. The van der Waals surface area contributed by atoms with Gasteiger partial charge in [-0.25, -0.2) is 13.4 Å². The van der Waals surface area contributed by atoms with Crippen molar-refractivity contribution in [2.24, 2.45) is 0 Å². The van der Waals surface area contributed by atoms with E-state index < -0.39 is 9.84 Å². The Morgan fingerprint density at radius 1 is 1.19 bits per heavy atom. The minimum absolute atomic E-state index is 0.00672. The molecule has 4 heterocycles. The second-order valence-electron chi connectivity index (χ2n) is 6.77. The number of hydrogen-bond donors (Lipinski definition) is 1. The second kappa shape index (κ2) is 6.48. The molecule has 0 saturated carbocycles. The largest absolute Gasteiger partial charge is 0.295 e. The van der Waals surface area contributed by atoms with Crippen LogP contribution in [0.25, 0.3) is 11.1 Å². The minimum atomic E-state index is -2.95. The average Bonchev–Trinajstić information content (AvgIpc) is 3.25. The van der Waals surface area contributed by atoms with Crippen LogP contribution >= 0.6 is 0 Å². The van der Waals surface area contributed by atoms with Crippen molar-refractivity contribution in [3.63, 3.8) is 0 Å². The van der Waals surface area contributed by atoms with Gasteiger partial charge in [0.1, 0.15) is 5.82 Å². The molecular weight excluding hydrogens is 354 g/mol. The number of nitrogens with one attached hydrogen (secondary N) is 1. The predicted molar refractivity (Wildman–Crippen MR) is 97.5 cm³/mol.